The lowest BCUT2D eigenvalue weighted by Gasteiger charge is -2.30. The highest BCUT2D eigenvalue weighted by Gasteiger charge is 2.52. The lowest BCUT2D eigenvalue weighted by atomic mass is 9.78. The van der Waals surface area contributed by atoms with Gasteiger partial charge in [-0.3, -0.25) is 9.59 Å². The number of aromatic nitrogens is 4. The number of likely N-dealkylation sites (tertiary alicyclic amines) is 1. The molecule has 1 saturated heterocycles. The number of hydrogen-bond donors (Lipinski definition) is 4. The van der Waals surface area contributed by atoms with E-state index in [1.165, 1.54) is 7.11 Å². The lowest BCUT2D eigenvalue weighted by molar-refractivity contribution is -0.135. The monoisotopic (exact) mass is 739 g/mol. The number of carbonyl (C=O) groups excluding carboxylic acids is 3. The highest BCUT2D eigenvalue weighted by atomic mass is 16.5. The number of fused-ring (bicyclic) bond motifs is 2. The summed E-state index contributed by atoms with van der Waals surface area (Å²) in [5.41, 5.74) is 7.20. The van der Waals surface area contributed by atoms with Gasteiger partial charge in [0.1, 0.15) is 17.7 Å². The predicted molar refractivity (Wildman–Crippen MR) is 210 cm³/mol. The number of rotatable bonds is 11. The molecule has 3 heterocycles. The van der Waals surface area contributed by atoms with Crippen molar-refractivity contribution in [2.24, 2.45) is 23.7 Å². The van der Waals surface area contributed by atoms with Gasteiger partial charge in [-0.25, -0.2) is 14.8 Å². The zero-order chi connectivity index (χ0) is 38.1. The first-order chi connectivity index (χ1) is 26.8. The number of benzene rings is 3. The average Bonchev–Trinajstić information content (AvgIpc) is 4.07. The third kappa shape index (κ3) is 7.39. The molecule has 55 heavy (non-hydrogen) atoms. The Balaban J connectivity index is 0.918. The van der Waals surface area contributed by atoms with Gasteiger partial charge in [0.2, 0.25) is 11.8 Å². The Morgan fingerprint density at radius 2 is 1.40 bits per heavy atom. The fraction of sp³-hybridized carbons (Fsp3) is 0.386. The first-order valence-electron chi connectivity index (χ1n) is 19.5. The fourth-order valence-corrected chi connectivity index (χ4v) is 9.15. The molecular weight excluding hydrogens is 691 g/mol. The maximum atomic E-state index is 13.5. The summed E-state index contributed by atoms with van der Waals surface area (Å²) >= 11 is 0. The number of H-pyrrole nitrogens is 2. The Hall–Kier alpha value is -5.71. The van der Waals surface area contributed by atoms with Gasteiger partial charge in [0.05, 0.1) is 42.9 Å². The van der Waals surface area contributed by atoms with Crippen molar-refractivity contribution in [3.8, 4) is 33.6 Å². The molecule has 284 valence electrons. The highest BCUT2D eigenvalue weighted by Crippen LogP contribution is 2.56. The quantitative estimate of drug-likeness (QED) is 0.110. The van der Waals surface area contributed by atoms with Gasteiger partial charge in [-0.15, -0.1) is 0 Å². The minimum atomic E-state index is -0.675. The van der Waals surface area contributed by atoms with Gasteiger partial charge >= 0.3 is 6.09 Å². The maximum absolute atomic E-state index is 13.5. The number of amides is 3. The Bertz CT molecular complexity index is 2120. The number of aromatic amines is 2. The molecular formula is C44H49N7O4. The van der Waals surface area contributed by atoms with Crippen LogP contribution in [0.15, 0.2) is 91.3 Å². The summed E-state index contributed by atoms with van der Waals surface area (Å²) in [4.78, 5) is 57.4. The van der Waals surface area contributed by atoms with Crippen LogP contribution in [0.3, 0.4) is 0 Å². The number of ether oxygens (including phenoxy) is 1. The summed E-state index contributed by atoms with van der Waals surface area (Å²) in [6.45, 7) is 4.97. The molecule has 0 radical (unpaired) electrons. The van der Waals surface area contributed by atoms with Gasteiger partial charge in [0.25, 0.3) is 0 Å². The summed E-state index contributed by atoms with van der Waals surface area (Å²) in [5.74, 6) is 2.53. The molecule has 3 aliphatic rings. The van der Waals surface area contributed by atoms with Crippen LogP contribution in [-0.4, -0.2) is 62.4 Å². The number of carbonyl (C=O) groups is 3. The standard InChI is InChI=1S/C44H49N7O4/c1-26(2)39(50-44(54)55-3)43(53)51-21-7-10-36(51)40-45-24-34(48-40)30-15-11-28(12-16-30)29-13-17-31(18-14-29)35-25-46-41(49-35)37-32-19-20-33(22-32)38(37)42(52)47-23-27-8-5-4-6-9-27/h4-6,8-9,11-18,24-26,32-33,36-39H,7,10,19-23H2,1-3H3,(H,45,48)(H,46,49)(H,47,52)(H,50,54)/t32?,33?,36-,37?,38-,39-/m0/s1. The normalized spacial score (nSPS) is 22.2. The van der Waals surface area contributed by atoms with Crippen molar-refractivity contribution in [1.82, 2.24) is 35.5 Å². The fourth-order valence-electron chi connectivity index (χ4n) is 9.15. The number of alkyl carbamates (subject to hydrolysis) is 1. The SMILES string of the molecule is COC(=O)N[C@H](C(=O)N1CCC[C@H]1c1ncc(-c2ccc(-c3ccc(-c4cnc(C5C6CCC(C6)[C@@H]5C(=O)NCc5ccccc5)[nH]4)cc3)cc2)[nH]1)C(C)C. The van der Waals surface area contributed by atoms with E-state index in [2.05, 4.69) is 74.1 Å². The van der Waals surface area contributed by atoms with Gasteiger partial charge < -0.3 is 30.2 Å². The number of imidazole rings is 2. The van der Waals surface area contributed by atoms with E-state index in [0.29, 0.717) is 24.9 Å². The van der Waals surface area contributed by atoms with E-state index < -0.39 is 12.1 Å². The molecule has 0 spiro atoms. The largest absolute Gasteiger partial charge is 0.453 e. The molecule has 1 aliphatic heterocycles. The summed E-state index contributed by atoms with van der Waals surface area (Å²) in [7, 11) is 1.30. The van der Waals surface area contributed by atoms with E-state index >= 15 is 0 Å². The molecule has 3 unspecified atom stereocenters. The van der Waals surface area contributed by atoms with Crippen LogP contribution in [0.4, 0.5) is 4.79 Å². The molecule has 11 heteroatoms. The van der Waals surface area contributed by atoms with Crippen molar-refractivity contribution in [3.05, 3.63) is 108 Å². The van der Waals surface area contributed by atoms with E-state index in [0.717, 1.165) is 83.0 Å². The second kappa shape index (κ2) is 15.6. The van der Waals surface area contributed by atoms with Crippen molar-refractivity contribution in [3.63, 3.8) is 0 Å². The minimum absolute atomic E-state index is 0.0546. The topological polar surface area (TPSA) is 145 Å². The van der Waals surface area contributed by atoms with Gasteiger partial charge in [-0.2, -0.15) is 0 Å². The van der Waals surface area contributed by atoms with E-state index in [1.54, 1.807) is 0 Å². The van der Waals surface area contributed by atoms with E-state index in [4.69, 9.17) is 9.72 Å². The van der Waals surface area contributed by atoms with Gasteiger partial charge in [-0.05, 0) is 77.7 Å². The number of methoxy groups -OCH3 is 1. The van der Waals surface area contributed by atoms with E-state index in [9.17, 15) is 14.4 Å². The van der Waals surface area contributed by atoms with Crippen LogP contribution >= 0.6 is 0 Å². The Morgan fingerprint density at radius 3 is 2.04 bits per heavy atom. The second-order valence-electron chi connectivity index (χ2n) is 15.7. The van der Waals surface area contributed by atoms with Crippen molar-refractivity contribution in [2.45, 2.75) is 70.5 Å². The minimum Gasteiger partial charge on any atom is -0.453 e. The number of nitrogens with one attached hydrogen (secondary N) is 4. The smallest absolute Gasteiger partial charge is 0.407 e. The molecule has 3 fully saturated rings. The summed E-state index contributed by atoms with van der Waals surface area (Å²) < 4.78 is 4.76. The first-order valence-corrected chi connectivity index (χ1v) is 19.5. The molecule has 2 aliphatic carbocycles. The molecule has 4 N–H and O–H groups in total. The third-order valence-electron chi connectivity index (χ3n) is 12.0. The number of hydrogen-bond acceptors (Lipinski definition) is 6. The summed E-state index contributed by atoms with van der Waals surface area (Å²) in [5, 5.41) is 5.92. The molecule has 2 bridgehead atoms. The van der Waals surface area contributed by atoms with Crippen LogP contribution in [0, 0.1) is 23.7 Å². The van der Waals surface area contributed by atoms with Crippen LogP contribution in [0.5, 0.6) is 0 Å². The van der Waals surface area contributed by atoms with Crippen molar-refractivity contribution in [2.75, 3.05) is 13.7 Å². The molecule has 2 saturated carbocycles. The van der Waals surface area contributed by atoms with Crippen LogP contribution in [-0.2, 0) is 20.9 Å². The van der Waals surface area contributed by atoms with Gasteiger partial charge in [0, 0.05) is 19.0 Å². The second-order valence-corrected chi connectivity index (χ2v) is 15.7. The zero-order valence-corrected chi connectivity index (χ0v) is 31.6. The van der Waals surface area contributed by atoms with E-state index in [-0.39, 0.29) is 35.6 Å². The lowest BCUT2D eigenvalue weighted by Crippen LogP contribution is -2.51. The van der Waals surface area contributed by atoms with Crippen molar-refractivity contribution >= 4 is 17.9 Å². The number of nitrogens with zero attached hydrogens (tertiary/aromatic N) is 3. The first kappa shape index (κ1) is 36.3. The Kier molecular flexibility index (Phi) is 10.3. The zero-order valence-electron chi connectivity index (χ0n) is 31.6. The third-order valence-corrected chi connectivity index (χ3v) is 12.0. The van der Waals surface area contributed by atoms with Gasteiger partial charge in [-0.1, -0.05) is 92.7 Å². The van der Waals surface area contributed by atoms with Gasteiger partial charge in [0.15, 0.2) is 0 Å². The van der Waals surface area contributed by atoms with Crippen LogP contribution < -0.4 is 10.6 Å². The molecule has 3 amide bonds. The Labute approximate surface area is 321 Å². The molecule has 11 nitrogen and oxygen atoms in total. The van der Waals surface area contributed by atoms with Crippen molar-refractivity contribution in [1.29, 1.82) is 0 Å². The summed E-state index contributed by atoms with van der Waals surface area (Å²) in [6, 6.07) is 26.1. The molecule has 2 aromatic heterocycles. The predicted octanol–water partition coefficient (Wildman–Crippen LogP) is 7.62. The van der Waals surface area contributed by atoms with E-state index in [1.807, 2.05) is 61.5 Å². The summed E-state index contributed by atoms with van der Waals surface area (Å²) in [6.07, 6.45) is 8.13. The van der Waals surface area contributed by atoms with Crippen LogP contribution in [0.1, 0.15) is 75.1 Å². The van der Waals surface area contributed by atoms with Crippen LogP contribution in [0.25, 0.3) is 33.6 Å². The molecule has 5 aromatic rings. The molecule has 6 atom stereocenters. The van der Waals surface area contributed by atoms with Crippen molar-refractivity contribution < 1.29 is 19.1 Å². The highest BCUT2D eigenvalue weighted by molar-refractivity contribution is 5.86. The Morgan fingerprint density at radius 1 is 0.800 bits per heavy atom. The molecule has 3 aromatic carbocycles. The van der Waals surface area contributed by atoms with Crippen LogP contribution in [0.2, 0.25) is 0 Å². The maximum Gasteiger partial charge on any atom is 0.407 e. The molecule has 8 rings (SSSR count). The average molecular weight is 740 g/mol.